The number of carbonyl (C=O) groups is 1. The summed E-state index contributed by atoms with van der Waals surface area (Å²) in [5.41, 5.74) is 0. The molecule has 0 atom stereocenters. The lowest BCUT2D eigenvalue weighted by molar-refractivity contribution is -0.858. The maximum absolute atomic E-state index is 11.3. The van der Waals surface area contributed by atoms with E-state index in [1.807, 2.05) is 30.3 Å². The minimum atomic E-state index is -0.317. The lowest BCUT2D eigenvalue weighted by Gasteiger charge is -2.08. The van der Waals surface area contributed by atoms with Crippen molar-refractivity contribution in [3.8, 4) is 5.75 Å². The highest BCUT2D eigenvalue weighted by atomic mass is 16.6. The Labute approximate surface area is 102 Å². The van der Waals surface area contributed by atoms with Crippen molar-refractivity contribution in [2.75, 3.05) is 33.9 Å². The molecule has 0 radical (unpaired) electrons. The monoisotopic (exact) mass is 238 g/mol. The van der Waals surface area contributed by atoms with E-state index in [0.717, 1.165) is 13.0 Å². The van der Waals surface area contributed by atoms with E-state index in [1.165, 1.54) is 4.90 Å². The van der Waals surface area contributed by atoms with Crippen molar-refractivity contribution in [1.82, 2.24) is 0 Å². The van der Waals surface area contributed by atoms with E-state index < -0.39 is 0 Å². The molecule has 0 saturated heterocycles. The van der Waals surface area contributed by atoms with Crippen LogP contribution >= 0.6 is 0 Å². The van der Waals surface area contributed by atoms with Crippen LogP contribution in [0.1, 0.15) is 6.42 Å². The minimum absolute atomic E-state index is 0.0289. The molecule has 4 heteroatoms. The van der Waals surface area contributed by atoms with Crippen molar-refractivity contribution in [3.63, 3.8) is 0 Å². The maximum Gasteiger partial charge on any atom is 0.344 e. The first-order valence-electron chi connectivity index (χ1n) is 5.81. The number of nitrogens with one attached hydrogen (secondary N) is 1. The fraction of sp³-hybridized carbons (Fsp3) is 0.462. The summed E-state index contributed by atoms with van der Waals surface area (Å²) in [6, 6.07) is 9.24. The Bertz CT molecular complexity index is 325. The second-order valence-electron chi connectivity index (χ2n) is 4.13. The fourth-order valence-corrected chi connectivity index (χ4v) is 1.31. The number of ether oxygens (including phenoxy) is 2. The molecule has 0 fully saturated rings. The standard InChI is InChI=1S/C13H19NO3/c1-14(2)9-6-10-16-13(15)11-17-12-7-4-3-5-8-12/h3-5,7-8H,6,9-11H2,1-2H3/p+1. The van der Waals surface area contributed by atoms with Crippen LogP contribution in [0.5, 0.6) is 5.75 Å². The molecule has 1 rings (SSSR count). The Hall–Kier alpha value is -1.55. The van der Waals surface area contributed by atoms with Gasteiger partial charge in [0.1, 0.15) is 5.75 Å². The molecule has 0 heterocycles. The SMILES string of the molecule is C[NH+](C)CCCOC(=O)COc1ccccc1. The molecule has 0 unspecified atom stereocenters. The number of hydrogen-bond acceptors (Lipinski definition) is 3. The maximum atomic E-state index is 11.3. The lowest BCUT2D eigenvalue weighted by atomic mass is 10.3. The smallest absolute Gasteiger partial charge is 0.344 e. The predicted molar refractivity (Wildman–Crippen MR) is 65.2 cm³/mol. The molecule has 1 N–H and O–H groups in total. The minimum Gasteiger partial charge on any atom is -0.482 e. The lowest BCUT2D eigenvalue weighted by Crippen LogP contribution is -3.05. The summed E-state index contributed by atoms with van der Waals surface area (Å²) >= 11 is 0. The van der Waals surface area contributed by atoms with Crippen LogP contribution in [-0.2, 0) is 9.53 Å². The predicted octanol–water partition coefficient (Wildman–Crippen LogP) is 0.143. The average Bonchev–Trinajstić information content (AvgIpc) is 2.33. The third-order valence-electron chi connectivity index (χ3n) is 2.18. The Balaban J connectivity index is 2.09. The van der Waals surface area contributed by atoms with Gasteiger partial charge in [-0.2, -0.15) is 0 Å². The summed E-state index contributed by atoms with van der Waals surface area (Å²) in [7, 11) is 4.14. The van der Waals surface area contributed by atoms with Crippen molar-refractivity contribution < 1.29 is 19.2 Å². The van der Waals surface area contributed by atoms with Gasteiger partial charge in [0.25, 0.3) is 0 Å². The van der Waals surface area contributed by atoms with Crippen LogP contribution in [0.2, 0.25) is 0 Å². The van der Waals surface area contributed by atoms with E-state index in [1.54, 1.807) is 0 Å². The topological polar surface area (TPSA) is 40.0 Å². The van der Waals surface area contributed by atoms with Crippen LogP contribution in [-0.4, -0.2) is 39.8 Å². The molecule has 0 amide bonds. The molecule has 1 aromatic carbocycles. The molecule has 1 aromatic rings. The van der Waals surface area contributed by atoms with Crippen LogP contribution < -0.4 is 9.64 Å². The highest BCUT2D eigenvalue weighted by Gasteiger charge is 2.04. The van der Waals surface area contributed by atoms with Gasteiger partial charge in [-0.05, 0) is 12.1 Å². The van der Waals surface area contributed by atoms with Crippen molar-refractivity contribution in [3.05, 3.63) is 30.3 Å². The van der Waals surface area contributed by atoms with Gasteiger partial charge < -0.3 is 14.4 Å². The summed E-state index contributed by atoms with van der Waals surface area (Å²) in [6.45, 7) is 1.42. The molecule has 0 aliphatic carbocycles. The molecule has 0 aliphatic rings. The fourth-order valence-electron chi connectivity index (χ4n) is 1.31. The summed E-state index contributed by atoms with van der Waals surface area (Å²) in [4.78, 5) is 12.7. The first-order chi connectivity index (χ1) is 8.18. The van der Waals surface area contributed by atoms with Gasteiger partial charge in [0.15, 0.2) is 6.61 Å². The van der Waals surface area contributed by atoms with Gasteiger partial charge >= 0.3 is 5.97 Å². The zero-order valence-corrected chi connectivity index (χ0v) is 10.4. The highest BCUT2D eigenvalue weighted by molar-refractivity contribution is 5.71. The average molecular weight is 238 g/mol. The Kier molecular flexibility index (Phi) is 6.10. The molecule has 0 aromatic heterocycles. The summed E-state index contributed by atoms with van der Waals surface area (Å²) in [5, 5.41) is 0. The first kappa shape index (κ1) is 13.5. The third kappa shape index (κ3) is 6.58. The molecule has 94 valence electrons. The van der Waals surface area contributed by atoms with Crippen LogP contribution in [0, 0.1) is 0 Å². The number of benzene rings is 1. The van der Waals surface area contributed by atoms with Gasteiger partial charge in [-0.1, -0.05) is 18.2 Å². The number of rotatable bonds is 7. The third-order valence-corrected chi connectivity index (χ3v) is 2.18. The van der Waals surface area contributed by atoms with E-state index in [0.29, 0.717) is 12.4 Å². The van der Waals surface area contributed by atoms with Crippen LogP contribution in [0.15, 0.2) is 30.3 Å². The number of hydrogen-bond donors (Lipinski definition) is 1. The number of para-hydroxylation sites is 1. The summed E-state index contributed by atoms with van der Waals surface area (Å²) in [5.74, 6) is 0.366. The van der Waals surface area contributed by atoms with Gasteiger partial charge in [0.05, 0.1) is 27.2 Å². The second kappa shape index (κ2) is 7.68. The van der Waals surface area contributed by atoms with E-state index in [-0.39, 0.29) is 12.6 Å². The summed E-state index contributed by atoms with van der Waals surface area (Å²) in [6.07, 6.45) is 0.874. The molecular formula is C13H20NO3+. The normalized spacial score (nSPS) is 10.3. The first-order valence-corrected chi connectivity index (χ1v) is 5.81. The van der Waals surface area contributed by atoms with Gasteiger partial charge in [0.2, 0.25) is 0 Å². The zero-order valence-electron chi connectivity index (χ0n) is 10.4. The molecule has 17 heavy (non-hydrogen) atoms. The van der Waals surface area contributed by atoms with E-state index in [9.17, 15) is 4.79 Å². The van der Waals surface area contributed by atoms with E-state index in [2.05, 4.69) is 14.1 Å². The van der Waals surface area contributed by atoms with E-state index >= 15 is 0 Å². The highest BCUT2D eigenvalue weighted by Crippen LogP contribution is 2.07. The zero-order chi connectivity index (χ0) is 12.5. The number of esters is 1. The van der Waals surface area contributed by atoms with Gasteiger partial charge in [-0.15, -0.1) is 0 Å². The van der Waals surface area contributed by atoms with Gasteiger partial charge in [-0.25, -0.2) is 4.79 Å². The molecule has 0 spiro atoms. The van der Waals surface area contributed by atoms with Crippen molar-refractivity contribution in [2.45, 2.75) is 6.42 Å². The molecule has 0 aliphatic heterocycles. The Morgan fingerprint density at radius 2 is 1.94 bits per heavy atom. The molecule has 4 nitrogen and oxygen atoms in total. The quantitative estimate of drug-likeness (QED) is 0.543. The van der Waals surface area contributed by atoms with Crippen molar-refractivity contribution in [2.24, 2.45) is 0 Å². The van der Waals surface area contributed by atoms with Crippen LogP contribution in [0.4, 0.5) is 0 Å². The van der Waals surface area contributed by atoms with Crippen molar-refractivity contribution in [1.29, 1.82) is 0 Å². The van der Waals surface area contributed by atoms with Gasteiger partial charge in [-0.3, -0.25) is 0 Å². The number of quaternary nitrogens is 1. The molecular weight excluding hydrogens is 218 g/mol. The van der Waals surface area contributed by atoms with Gasteiger partial charge in [0, 0.05) is 6.42 Å². The second-order valence-corrected chi connectivity index (χ2v) is 4.13. The molecule has 0 bridgehead atoms. The van der Waals surface area contributed by atoms with Crippen molar-refractivity contribution >= 4 is 5.97 Å². The molecule has 0 saturated carbocycles. The van der Waals surface area contributed by atoms with Crippen LogP contribution in [0.3, 0.4) is 0 Å². The Morgan fingerprint density at radius 1 is 1.24 bits per heavy atom. The van der Waals surface area contributed by atoms with E-state index in [4.69, 9.17) is 9.47 Å². The Morgan fingerprint density at radius 3 is 2.59 bits per heavy atom. The largest absolute Gasteiger partial charge is 0.482 e. The number of carbonyl (C=O) groups excluding carboxylic acids is 1. The summed E-state index contributed by atoms with van der Waals surface area (Å²) < 4.78 is 10.3. The van der Waals surface area contributed by atoms with Crippen LogP contribution in [0.25, 0.3) is 0 Å².